The molecule has 0 bridgehead atoms. The van der Waals surface area contributed by atoms with E-state index in [0.717, 1.165) is 24.2 Å². The van der Waals surface area contributed by atoms with E-state index in [0.29, 0.717) is 5.75 Å². The van der Waals surface area contributed by atoms with Crippen LogP contribution in [0.3, 0.4) is 0 Å². The number of carboxylic acid groups (broad SMARTS) is 1. The fraction of sp³-hybridized carbons (Fsp3) is 0.300. The van der Waals surface area contributed by atoms with Crippen LogP contribution in [0.2, 0.25) is 0 Å². The largest absolute Gasteiger partial charge is 0.495 e. The molecular formula is C10H11NO3. The monoisotopic (exact) mass is 193 g/mol. The summed E-state index contributed by atoms with van der Waals surface area (Å²) < 4.78 is 5.13. The van der Waals surface area contributed by atoms with E-state index in [1.54, 1.807) is 12.1 Å². The number of hydrogen-bond acceptors (Lipinski definition) is 3. The van der Waals surface area contributed by atoms with Gasteiger partial charge in [0.1, 0.15) is 11.3 Å². The van der Waals surface area contributed by atoms with Gasteiger partial charge in [-0.05, 0) is 18.6 Å². The fourth-order valence-corrected chi connectivity index (χ4v) is 1.77. The summed E-state index contributed by atoms with van der Waals surface area (Å²) in [4.78, 5) is 10.9. The van der Waals surface area contributed by atoms with E-state index >= 15 is 0 Å². The Kier molecular flexibility index (Phi) is 2.04. The summed E-state index contributed by atoms with van der Waals surface area (Å²) in [5, 5.41) is 12.1. The number of methoxy groups -OCH3 is 1. The molecule has 4 nitrogen and oxygen atoms in total. The van der Waals surface area contributed by atoms with Crippen LogP contribution in [-0.4, -0.2) is 24.7 Å². The predicted molar refractivity (Wildman–Crippen MR) is 52.1 cm³/mol. The van der Waals surface area contributed by atoms with E-state index in [9.17, 15) is 4.79 Å². The van der Waals surface area contributed by atoms with E-state index in [-0.39, 0.29) is 5.56 Å². The molecular weight excluding hydrogens is 182 g/mol. The molecule has 2 N–H and O–H groups in total. The molecule has 1 heterocycles. The minimum atomic E-state index is -0.948. The molecule has 0 saturated carbocycles. The van der Waals surface area contributed by atoms with Gasteiger partial charge in [0.05, 0.1) is 7.11 Å². The molecule has 0 fully saturated rings. The Bertz CT molecular complexity index is 387. The Hall–Kier alpha value is -1.71. The third-order valence-electron chi connectivity index (χ3n) is 2.39. The van der Waals surface area contributed by atoms with Crippen LogP contribution in [-0.2, 0) is 6.42 Å². The molecule has 0 aliphatic carbocycles. The second-order valence-electron chi connectivity index (χ2n) is 3.15. The van der Waals surface area contributed by atoms with Crippen molar-refractivity contribution in [1.29, 1.82) is 0 Å². The maximum atomic E-state index is 10.9. The number of carbonyl (C=O) groups is 1. The number of benzene rings is 1. The van der Waals surface area contributed by atoms with Gasteiger partial charge < -0.3 is 15.2 Å². The molecule has 74 valence electrons. The van der Waals surface area contributed by atoms with E-state index in [1.807, 2.05) is 0 Å². The van der Waals surface area contributed by atoms with Crippen LogP contribution >= 0.6 is 0 Å². The first-order valence-corrected chi connectivity index (χ1v) is 4.41. The molecule has 1 aliphatic rings. The number of nitrogens with one attached hydrogen (secondary N) is 1. The second kappa shape index (κ2) is 3.21. The highest BCUT2D eigenvalue weighted by molar-refractivity contribution is 5.92. The molecule has 1 aromatic carbocycles. The first-order valence-electron chi connectivity index (χ1n) is 4.41. The number of fused-ring (bicyclic) bond motifs is 1. The summed E-state index contributed by atoms with van der Waals surface area (Å²) in [6, 6.07) is 3.35. The second-order valence-corrected chi connectivity index (χ2v) is 3.15. The van der Waals surface area contributed by atoms with Crippen LogP contribution in [0, 0.1) is 0 Å². The van der Waals surface area contributed by atoms with Gasteiger partial charge >= 0.3 is 5.97 Å². The number of hydrogen-bond donors (Lipinski definition) is 2. The summed E-state index contributed by atoms with van der Waals surface area (Å²) in [6.07, 6.45) is 0.819. The van der Waals surface area contributed by atoms with Gasteiger partial charge in [-0.3, -0.25) is 0 Å². The number of rotatable bonds is 2. The summed E-state index contributed by atoms with van der Waals surface area (Å²) in [5.74, 6) is -0.462. The minimum Gasteiger partial charge on any atom is -0.495 e. The molecule has 2 rings (SSSR count). The smallest absolute Gasteiger partial charge is 0.339 e. The first-order chi connectivity index (χ1) is 6.74. The molecule has 0 radical (unpaired) electrons. The Labute approximate surface area is 81.5 Å². The fourth-order valence-electron chi connectivity index (χ4n) is 1.77. The average Bonchev–Trinajstić information content (AvgIpc) is 2.63. The van der Waals surface area contributed by atoms with Gasteiger partial charge in [-0.15, -0.1) is 0 Å². The SMILES string of the molecule is COc1c(C(=O)O)ccc2c1CCN2. The van der Waals surface area contributed by atoms with E-state index in [1.165, 1.54) is 7.11 Å². The van der Waals surface area contributed by atoms with Gasteiger partial charge in [0.15, 0.2) is 0 Å². The van der Waals surface area contributed by atoms with Gasteiger partial charge in [-0.1, -0.05) is 0 Å². The zero-order valence-corrected chi connectivity index (χ0v) is 7.83. The lowest BCUT2D eigenvalue weighted by Gasteiger charge is -2.09. The van der Waals surface area contributed by atoms with Gasteiger partial charge in [-0.2, -0.15) is 0 Å². The normalized spacial score (nSPS) is 13.2. The van der Waals surface area contributed by atoms with Crippen molar-refractivity contribution < 1.29 is 14.6 Å². The highest BCUT2D eigenvalue weighted by Crippen LogP contribution is 2.34. The van der Waals surface area contributed by atoms with Gasteiger partial charge in [0, 0.05) is 17.8 Å². The van der Waals surface area contributed by atoms with Crippen LogP contribution in [0.25, 0.3) is 0 Å². The van der Waals surface area contributed by atoms with Crippen molar-refractivity contribution in [1.82, 2.24) is 0 Å². The van der Waals surface area contributed by atoms with Crippen molar-refractivity contribution in [3.8, 4) is 5.75 Å². The van der Waals surface area contributed by atoms with Crippen molar-refractivity contribution in [3.63, 3.8) is 0 Å². The molecule has 0 unspecified atom stereocenters. The Balaban J connectivity index is 2.59. The summed E-state index contributed by atoms with van der Waals surface area (Å²) in [6.45, 7) is 0.842. The zero-order chi connectivity index (χ0) is 10.1. The molecule has 1 aliphatic heterocycles. The van der Waals surface area contributed by atoms with Crippen molar-refractivity contribution in [2.45, 2.75) is 6.42 Å². The molecule has 0 amide bonds. The maximum Gasteiger partial charge on any atom is 0.339 e. The first kappa shape index (κ1) is 8.87. The third-order valence-corrected chi connectivity index (χ3v) is 2.39. The van der Waals surface area contributed by atoms with Gasteiger partial charge in [-0.25, -0.2) is 4.79 Å². The number of anilines is 1. The third kappa shape index (κ3) is 1.19. The van der Waals surface area contributed by atoms with Crippen molar-refractivity contribution >= 4 is 11.7 Å². The van der Waals surface area contributed by atoms with Crippen LogP contribution in [0.1, 0.15) is 15.9 Å². The standard InChI is InChI=1S/C10H11NO3/c1-14-9-6-4-5-11-8(6)3-2-7(9)10(12)13/h2-3,11H,4-5H2,1H3,(H,12,13). The topological polar surface area (TPSA) is 58.6 Å². The lowest BCUT2D eigenvalue weighted by Crippen LogP contribution is -2.02. The highest BCUT2D eigenvalue weighted by atomic mass is 16.5. The number of ether oxygens (including phenoxy) is 1. The molecule has 0 spiro atoms. The Morgan fingerprint density at radius 2 is 2.36 bits per heavy atom. The summed E-state index contributed by atoms with van der Waals surface area (Å²) in [7, 11) is 1.50. The van der Waals surface area contributed by atoms with Crippen molar-refractivity contribution in [3.05, 3.63) is 23.3 Å². The quantitative estimate of drug-likeness (QED) is 0.744. The average molecular weight is 193 g/mol. The Morgan fingerprint density at radius 1 is 1.57 bits per heavy atom. The summed E-state index contributed by atoms with van der Waals surface area (Å²) >= 11 is 0. The number of aromatic carboxylic acids is 1. The molecule has 0 saturated heterocycles. The van der Waals surface area contributed by atoms with Crippen LogP contribution < -0.4 is 10.1 Å². The minimum absolute atomic E-state index is 0.231. The van der Waals surface area contributed by atoms with E-state index in [2.05, 4.69) is 5.32 Å². The molecule has 1 aromatic rings. The van der Waals surface area contributed by atoms with E-state index in [4.69, 9.17) is 9.84 Å². The lowest BCUT2D eigenvalue weighted by molar-refractivity contribution is 0.0693. The van der Waals surface area contributed by atoms with Crippen LogP contribution in [0.5, 0.6) is 5.75 Å². The zero-order valence-electron chi connectivity index (χ0n) is 7.83. The van der Waals surface area contributed by atoms with E-state index < -0.39 is 5.97 Å². The van der Waals surface area contributed by atoms with Crippen molar-refractivity contribution in [2.24, 2.45) is 0 Å². The number of carboxylic acids is 1. The van der Waals surface area contributed by atoms with Crippen molar-refractivity contribution in [2.75, 3.05) is 19.0 Å². The Morgan fingerprint density at radius 3 is 3.00 bits per heavy atom. The van der Waals surface area contributed by atoms with Crippen LogP contribution in [0.15, 0.2) is 12.1 Å². The molecule has 0 atom stereocenters. The molecule has 4 heteroatoms. The highest BCUT2D eigenvalue weighted by Gasteiger charge is 2.21. The molecule has 0 aromatic heterocycles. The van der Waals surface area contributed by atoms with Gasteiger partial charge in [0.2, 0.25) is 0 Å². The van der Waals surface area contributed by atoms with Crippen LogP contribution in [0.4, 0.5) is 5.69 Å². The molecule has 14 heavy (non-hydrogen) atoms. The summed E-state index contributed by atoms with van der Waals surface area (Å²) in [5.41, 5.74) is 2.18. The predicted octanol–water partition coefficient (Wildman–Crippen LogP) is 1.36. The lowest BCUT2D eigenvalue weighted by atomic mass is 10.1. The van der Waals surface area contributed by atoms with Gasteiger partial charge in [0.25, 0.3) is 0 Å². The maximum absolute atomic E-state index is 10.9.